The zero-order valence-electron chi connectivity index (χ0n) is 20.3. The van der Waals surface area contributed by atoms with Crippen molar-refractivity contribution in [2.75, 3.05) is 56.5 Å². The van der Waals surface area contributed by atoms with Gasteiger partial charge in [-0.1, -0.05) is 12.5 Å². The molecule has 3 aromatic heterocycles. The average Bonchev–Trinajstić information content (AvgIpc) is 3.20. The number of aromatic nitrogens is 6. The lowest BCUT2D eigenvalue weighted by Crippen LogP contribution is -2.45. The second-order valence-corrected chi connectivity index (χ2v) is 9.32. The molecule has 1 atom stereocenters. The molecule has 2 aliphatic heterocycles. The summed E-state index contributed by atoms with van der Waals surface area (Å²) < 4.78 is 0. The second-order valence-electron chi connectivity index (χ2n) is 9.32. The van der Waals surface area contributed by atoms with Gasteiger partial charge in [0, 0.05) is 49.8 Å². The van der Waals surface area contributed by atoms with Crippen LogP contribution in [0.25, 0.3) is 0 Å². The van der Waals surface area contributed by atoms with Crippen LogP contribution >= 0.6 is 0 Å². The minimum absolute atomic E-state index is 0.0651. The first-order chi connectivity index (χ1) is 16.6. The van der Waals surface area contributed by atoms with Gasteiger partial charge >= 0.3 is 0 Å². The summed E-state index contributed by atoms with van der Waals surface area (Å²) in [6.45, 7) is 9.92. The van der Waals surface area contributed by atoms with Crippen LogP contribution in [0.15, 0.2) is 24.5 Å². The third kappa shape index (κ3) is 4.88. The minimum Gasteiger partial charge on any atom is -0.338 e. The summed E-state index contributed by atoms with van der Waals surface area (Å²) in [4.78, 5) is 25.5. The molecule has 2 N–H and O–H groups in total. The molecule has 10 heteroatoms. The Kier molecular flexibility index (Phi) is 6.68. The van der Waals surface area contributed by atoms with Gasteiger partial charge in [0.05, 0.1) is 6.04 Å². The lowest BCUT2D eigenvalue weighted by Gasteiger charge is -2.35. The number of piperazine rings is 1. The standard InChI is InChI=1S/C24H34N10/c1-17-20(21(19-8-7-9-25-16-19)33-10-5-4-6-11-33)22(31-30-17)28-23-26-18(2)27-24(29-23)34-14-12-32(3)13-15-34/h7-9,16,21H,4-6,10-15H2,1-3H3,(H2,26,27,28,29,30,31). The van der Waals surface area contributed by atoms with Gasteiger partial charge in [0.1, 0.15) is 5.82 Å². The van der Waals surface area contributed by atoms with Crippen LogP contribution in [-0.4, -0.2) is 86.2 Å². The van der Waals surface area contributed by atoms with E-state index in [1.807, 2.05) is 25.4 Å². The lowest BCUT2D eigenvalue weighted by atomic mass is 9.95. The van der Waals surface area contributed by atoms with E-state index in [0.29, 0.717) is 11.8 Å². The van der Waals surface area contributed by atoms with Crippen LogP contribution in [0.4, 0.5) is 17.7 Å². The van der Waals surface area contributed by atoms with Gasteiger partial charge in [0.15, 0.2) is 5.82 Å². The first-order valence-corrected chi connectivity index (χ1v) is 12.2. The molecule has 0 bridgehead atoms. The van der Waals surface area contributed by atoms with Gasteiger partial charge in [-0.15, -0.1) is 0 Å². The van der Waals surface area contributed by atoms with Gasteiger partial charge in [0.2, 0.25) is 11.9 Å². The summed E-state index contributed by atoms with van der Waals surface area (Å²) >= 11 is 0. The van der Waals surface area contributed by atoms with Gasteiger partial charge in [-0.05, 0) is 58.5 Å². The maximum atomic E-state index is 4.77. The number of hydrogen-bond donors (Lipinski definition) is 2. The van der Waals surface area contributed by atoms with Gasteiger partial charge in [-0.2, -0.15) is 20.1 Å². The van der Waals surface area contributed by atoms with Crippen molar-refractivity contribution in [2.24, 2.45) is 0 Å². The predicted octanol–water partition coefficient (Wildman–Crippen LogP) is 2.68. The number of likely N-dealkylation sites (tertiary alicyclic amines) is 1. The van der Waals surface area contributed by atoms with E-state index in [9.17, 15) is 0 Å². The van der Waals surface area contributed by atoms with E-state index in [-0.39, 0.29) is 6.04 Å². The van der Waals surface area contributed by atoms with Crippen molar-refractivity contribution >= 4 is 17.7 Å². The van der Waals surface area contributed by atoms with Crippen molar-refractivity contribution < 1.29 is 0 Å². The number of H-pyrrole nitrogens is 1. The van der Waals surface area contributed by atoms with Crippen LogP contribution in [0.5, 0.6) is 0 Å². The molecule has 0 spiro atoms. The number of aryl methyl sites for hydroxylation is 2. The second kappa shape index (κ2) is 10.0. The molecule has 1 unspecified atom stereocenters. The van der Waals surface area contributed by atoms with E-state index >= 15 is 0 Å². The Labute approximate surface area is 200 Å². The summed E-state index contributed by atoms with van der Waals surface area (Å²) in [5.74, 6) is 2.70. The fourth-order valence-electron chi connectivity index (χ4n) is 4.92. The molecule has 2 fully saturated rings. The molecule has 180 valence electrons. The molecule has 0 aliphatic carbocycles. The minimum atomic E-state index is 0.0651. The number of piperidine rings is 1. The number of likely N-dealkylation sites (N-methyl/N-ethyl adjacent to an activating group) is 1. The largest absolute Gasteiger partial charge is 0.338 e. The fraction of sp³-hybridized carbons (Fsp3) is 0.542. The summed E-state index contributed by atoms with van der Waals surface area (Å²) in [7, 11) is 2.14. The zero-order chi connectivity index (χ0) is 23.5. The summed E-state index contributed by atoms with van der Waals surface area (Å²) in [5, 5.41) is 11.3. The van der Waals surface area contributed by atoms with E-state index in [4.69, 9.17) is 4.98 Å². The maximum absolute atomic E-state index is 4.77. The third-order valence-corrected chi connectivity index (χ3v) is 6.78. The molecular weight excluding hydrogens is 428 g/mol. The van der Waals surface area contributed by atoms with Crippen molar-refractivity contribution in [1.82, 2.24) is 39.9 Å². The van der Waals surface area contributed by atoms with Crippen molar-refractivity contribution in [3.05, 3.63) is 47.2 Å². The number of nitrogens with zero attached hydrogens (tertiary/aromatic N) is 8. The molecule has 5 heterocycles. The maximum Gasteiger partial charge on any atom is 0.233 e. The highest BCUT2D eigenvalue weighted by Gasteiger charge is 2.30. The van der Waals surface area contributed by atoms with Gasteiger partial charge in [0.25, 0.3) is 0 Å². The van der Waals surface area contributed by atoms with Crippen LogP contribution in [0.2, 0.25) is 0 Å². The highest BCUT2D eigenvalue weighted by Crippen LogP contribution is 2.36. The van der Waals surface area contributed by atoms with Gasteiger partial charge < -0.3 is 15.1 Å². The van der Waals surface area contributed by atoms with Gasteiger partial charge in [-0.3, -0.25) is 15.0 Å². The molecule has 5 rings (SSSR count). The molecule has 0 amide bonds. The highest BCUT2D eigenvalue weighted by molar-refractivity contribution is 5.58. The van der Waals surface area contributed by atoms with Crippen LogP contribution in [0.3, 0.4) is 0 Å². The number of anilines is 3. The lowest BCUT2D eigenvalue weighted by molar-refractivity contribution is 0.187. The summed E-state index contributed by atoms with van der Waals surface area (Å²) in [6.07, 6.45) is 7.49. The number of hydrogen-bond acceptors (Lipinski definition) is 9. The Morgan fingerprint density at radius 1 is 0.971 bits per heavy atom. The highest BCUT2D eigenvalue weighted by atomic mass is 15.3. The monoisotopic (exact) mass is 462 g/mol. The van der Waals surface area contributed by atoms with Crippen LogP contribution in [0.1, 0.15) is 47.9 Å². The Morgan fingerprint density at radius 2 is 1.76 bits per heavy atom. The van der Waals surface area contributed by atoms with E-state index in [2.05, 4.69) is 65.2 Å². The van der Waals surface area contributed by atoms with Crippen molar-refractivity contribution in [1.29, 1.82) is 0 Å². The Bertz CT molecular complexity index is 1080. The molecule has 3 aromatic rings. The number of nitrogens with one attached hydrogen (secondary N) is 2. The fourth-order valence-corrected chi connectivity index (χ4v) is 4.92. The molecule has 2 saturated heterocycles. The van der Waals surface area contributed by atoms with Crippen molar-refractivity contribution in [3.8, 4) is 0 Å². The average molecular weight is 463 g/mol. The third-order valence-electron chi connectivity index (χ3n) is 6.78. The molecular formula is C24H34N10. The SMILES string of the molecule is Cc1nc(Nc2n[nH]c(C)c2C(c2cccnc2)N2CCCCC2)nc(N2CCN(C)CC2)n1. The normalized spacial score (nSPS) is 18.7. The van der Waals surface area contributed by atoms with E-state index in [1.54, 1.807) is 0 Å². The number of pyridine rings is 1. The molecule has 34 heavy (non-hydrogen) atoms. The molecule has 0 aromatic carbocycles. The zero-order valence-corrected chi connectivity index (χ0v) is 20.3. The Morgan fingerprint density at radius 3 is 2.50 bits per heavy atom. The topological polar surface area (TPSA) is 102 Å². The predicted molar refractivity (Wildman–Crippen MR) is 132 cm³/mol. The van der Waals surface area contributed by atoms with Gasteiger partial charge in [-0.25, -0.2) is 0 Å². The van der Waals surface area contributed by atoms with E-state index in [1.165, 1.54) is 24.8 Å². The van der Waals surface area contributed by atoms with Crippen LogP contribution in [-0.2, 0) is 0 Å². The molecule has 0 saturated carbocycles. The summed E-state index contributed by atoms with van der Waals surface area (Å²) in [6, 6.07) is 4.23. The Balaban J connectivity index is 1.47. The number of aromatic amines is 1. The van der Waals surface area contributed by atoms with E-state index < -0.39 is 0 Å². The molecule has 2 aliphatic rings. The number of rotatable bonds is 6. The smallest absolute Gasteiger partial charge is 0.233 e. The van der Waals surface area contributed by atoms with Crippen LogP contribution < -0.4 is 10.2 Å². The quantitative estimate of drug-likeness (QED) is 0.572. The summed E-state index contributed by atoms with van der Waals surface area (Å²) in [5.41, 5.74) is 3.32. The van der Waals surface area contributed by atoms with Crippen molar-refractivity contribution in [2.45, 2.75) is 39.2 Å². The molecule has 10 nitrogen and oxygen atoms in total. The van der Waals surface area contributed by atoms with Crippen molar-refractivity contribution in [3.63, 3.8) is 0 Å². The Hall–Kier alpha value is -3.11. The van der Waals surface area contributed by atoms with E-state index in [0.717, 1.165) is 62.3 Å². The first-order valence-electron chi connectivity index (χ1n) is 12.2. The first kappa shape index (κ1) is 22.7. The van der Waals surface area contributed by atoms with Crippen LogP contribution in [0, 0.1) is 13.8 Å². The molecule has 0 radical (unpaired) electrons.